The predicted molar refractivity (Wildman–Crippen MR) is 72.6 cm³/mol. The second kappa shape index (κ2) is 4.84. The maximum atomic E-state index is 12.3. The number of para-hydroxylation sites is 1. The number of nitrogens with one attached hydrogen (secondary N) is 2. The van der Waals surface area contributed by atoms with E-state index in [-0.39, 0.29) is 5.91 Å². The van der Waals surface area contributed by atoms with Gasteiger partial charge in [0.05, 0.1) is 5.56 Å². The molecule has 0 unspecified atom stereocenters. The molecule has 3 nitrogen and oxygen atoms in total. The van der Waals surface area contributed by atoms with Crippen molar-refractivity contribution >= 4 is 16.8 Å². The van der Waals surface area contributed by atoms with Crippen LogP contribution in [0.4, 0.5) is 0 Å². The Labute approximate surface area is 107 Å². The fourth-order valence-corrected chi connectivity index (χ4v) is 2.77. The SMILES string of the molecule is O=C(NC1CCCCC1)c1c[nH]c2ccccc12. The van der Waals surface area contributed by atoms with E-state index < -0.39 is 0 Å². The first-order valence-electron chi connectivity index (χ1n) is 6.71. The molecule has 94 valence electrons. The molecular formula is C15H18N2O. The van der Waals surface area contributed by atoms with Crippen LogP contribution in [0.1, 0.15) is 42.5 Å². The van der Waals surface area contributed by atoms with E-state index in [2.05, 4.69) is 10.3 Å². The number of benzene rings is 1. The molecule has 0 aliphatic heterocycles. The largest absolute Gasteiger partial charge is 0.360 e. The highest BCUT2D eigenvalue weighted by molar-refractivity contribution is 6.06. The van der Waals surface area contributed by atoms with Gasteiger partial charge in [-0.15, -0.1) is 0 Å². The summed E-state index contributed by atoms with van der Waals surface area (Å²) < 4.78 is 0. The minimum Gasteiger partial charge on any atom is -0.360 e. The number of hydrogen-bond donors (Lipinski definition) is 2. The maximum Gasteiger partial charge on any atom is 0.253 e. The Morgan fingerprint density at radius 3 is 2.78 bits per heavy atom. The van der Waals surface area contributed by atoms with E-state index in [1.165, 1.54) is 19.3 Å². The third-order valence-electron chi connectivity index (χ3n) is 3.77. The van der Waals surface area contributed by atoms with Gasteiger partial charge >= 0.3 is 0 Å². The minimum absolute atomic E-state index is 0.0550. The summed E-state index contributed by atoms with van der Waals surface area (Å²) in [6, 6.07) is 8.28. The Morgan fingerprint density at radius 1 is 1.17 bits per heavy atom. The summed E-state index contributed by atoms with van der Waals surface area (Å²) in [6.07, 6.45) is 7.82. The molecule has 0 spiro atoms. The van der Waals surface area contributed by atoms with Gasteiger partial charge in [0, 0.05) is 23.1 Å². The van der Waals surface area contributed by atoms with Gasteiger partial charge in [0.15, 0.2) is 0 Å². The molecule has 3 rings (SSSR count). The Balaban J connectivity index is 1.79. The van der Waals surface area contributed by atoms with Gasteiger partial charge in [-0.3, -0.25) is 4.79 Å². The molecule has 1 saturated carbocycles. The molecule has 18 heavy (non-hydrogen) atoms. The Morgan fingerprint density at radius 2 is 1.94 bits per heavy atom. The average molecular weight is 242 g/mol. The quantitative estimate of drug-likeness (QED) is 0.834. The van der Waals surface area contributed by atoms with E-state index in [0.717, 1.165) is 29.3 Å². The zero-order valence-corrected chi connectivity index (χ0v) is 10.4. The highest BCUT2D eigenvalue weighted by Gasteiger charge is 2.18. The summed E-state index contributed by atoms with van der Waals surface area (Å²) >= 11 is 0. The number of aromatic amines is 1. The summed E-state index contributed by atoms with van der Waals surface area (Å²) in [5.41, 5.74) is 1.78. The summed E-state index contributed by atoms with van der Waals surface area (Å²) in [5, 5.41) is 4.16. The lowest BCUT2D eigenvalue weighted by atomic mass is 9.95. The number of amides is 1. The van der Waals surface area contributed by atoms with Crippen LogP contribution < -0.4 is 5.32 Å². The van der Waals surface area contributed by atoms with Crippen LogP contribution in [0.5, 0.6) is 0 Å². The van der Waals surface area contributed by atoms with Crippen molar-refractivity contribution in [2.24, 2.45) is 0 Å². The normalized spacial score (nSPS) is 16.9. The molecule has 1 heterocycles. The summed E-state index contributed by atoms with van der Waals surface area (Å²) in [7, 11) is 0. The minimum atomic E-state index is 0.0550. The maximum absolute atomic E-state index is 12.3. The van der Waals surface area contributed by atoms with Crippen LogP contribution in [0, 0.1) is 0 Å². The molecule has 1 aromatic carbocycles. The van der Waals surface area contributed by atoms with Crippen molar-refractivity contribution in [2.75, 3.05) is 0 Å². The first kappa shape index (κ1) is 11.3. The lowest BCUT2D eigenvalue weighted by molar-refractivity contribution is 0.0929. The number of hydrogen-bond acceptors (Lipinski definition) is 1. The van der Waals surface area contributed by atoms with Gasteiger partial charge in [-0.05, 0) is 18.9 Å². The van der Waals surface area contributed by atoms with E-state index in [9.17, 15) is 4.79 Å². The first-order chi connectivity index (χ1) is 8.84. The Kier molecular flexibility index (Phi) is 3.05. The summed E-state index contributed by atoms with van der Waals surface area (Å²) in [4.78, 5) is 15.4. The zero-order valence-electron chi connectivity index (χ0n) is 10.4. The molecular weight excluding hydrogens is 224 g/mol. The number of H-pyrrole nitrogens is 1. The number of carbonyl (C=O) groups excluding carboxylic acids is 1. The molecule has 0 radical (unpaired) electrons. The van der Waals surface area contributed by atoms with Crippen LogP contribution in [-0.2, 0) is 0 Å². The highest BCUT2D eigenvalue weighted by atomic mass is 16.1. The van der Waals surface area contributed by atoms with E-state index in [4.69, 9.17) is 0 Å². The van der Waals surface area contributed by atoms with Crippen molar-refractivity contribution in [3.05, 3.63) is 36.0 Å². The summed E-state index contributed by atoms with van der Waals surface area (Å²) in [6.45, 7) is 0. The van der Waals surface area contributed by atoms with Gasteiger partial charge < -0.3 is 10.3 Å². The van der Waals surface area contributed by atoms with Gasteiger partial charge in [-0.2, -0.15) is 0 Å². The van der Waals surface area contributed by atoms with E-state index in [1.807, 2.05) is 30.5 Å². The summed E-state index contributed by atoms with van der Waals surface area (Å²) in [5.74, 6) is 0.0550. The van der Waals surface area contributed by atoms with Gasteiger partial charge in [0.2, 0.25) is 0 Å². The van der Waals surface area contributed by atoms with Gasteiger partial charge in [-0.1, -0.05) is 37.5 Å². The highest BCUT2D eigenvalue weighted by Crippen LogP contribution is 2.20. The second-order valence-electron chi connectivity index (χ2n) is 5.06. The lowest BCUT2D eigenvalue weighted by Crippen LogP contribution is -2.36. The first-order valence-corrected chi connectivity index (χ1v) is 6.71. The molecule has 1 aliphatic carbocycles. The number of fused-ring (bicyclic) bond motifs is 1. The molecule has 0 bridgehead atoms. The molecule has 2 aromatic rings. The number of rotatable bonds is 2. The molecule has 0 atom stereocenters. The van der Waals surface area contributed by atoms with Crippen molar-refractivity contribution < 1.29 is 4.79 Å². The standard InChI is InChI=1S/C15H18N2O/c18-15(17-11-6-2-1-3-7-11)13-10-16-14-9-5-4-8-12(13)14/h4-5,8-11,16H,1-3,6-7H2,(H,17,18). The second-order valence-corrected chi connectivity index (χ2v) is 5.06. The Hall–Kier alpha value is -1.77. The van der Waals surface area contributed by atoms with Gasteiger partial charge in [-0.25, -0.2) is 0 Å². The number of carbonyl (C=O) groups is 1. The molecule has 1 aromatic heterocycles. The van der Waals surface area contributed by atoms with Crippen LogP contribution in [0.15, 0.2) is 30.5 Å². The fourth-order valence-electron chi connectivity index (χ4n) is 2.77. The van der Waals surface area contributed by atoms with Crippen molar-refractivity contribution in [3.63, 3.8) is 0 Å². The topological polar surface area (TPSA) is 44.9 Å². The van der Waals surface area contributed by atoms with Crippen molar-refractivity contribution in [3.8, 4) is 0 Å². The van der Waals surface area contributed by atoms with Crippen LogP contribution in [0.25, 0.3) is 10.9 Å². The van der Waals surface area contributed by atoms with E-state index >= 15 is 0 Å². The predicted octanol–water partition coefficient (Wildman–Crippen LogP) is 3.23. The fraction of sp³-hybridized carbons (Fsp3) is 0.400. The van der Waals surface area contributed by atoms with Crippen molar-refractivity contribution in [1.82, 2.24) is 10.3 Å². The molecule has 1 amide bonds. The average Bonchev–Trinajstić information content (AvgIpc) is 2.84. The molecule has 2 N–H and O–H groups in total. The molecule has 1 fully saturated rings. The zero-order chi connectivity index (χ0) is 12.4. The van der Waals surface area contributed by atoms with Gasteiger partial charge in [0.1, 0.15) is 0 Å². The lowest BCUT2D eigenvalue weighted by Gasteiger charge is -2.22. The monoisotopic (exact) mass is 242 g/mol. The van der Waals surface area contributed by atoms with Crippen LogP contribution >= 0.6 is 0 Å². The third kappa shape index (κ3) is 2.13. The third-order valence-corrected chi connectivity index (χ3v) is 3.77. The van der Waals surface area contributed by atoms with Crippen LogP contribution in [0.3, 0.4) is 0 Å². The smallest absolute Gasteiger partial charge is 0.253 e. The van der Waals surface area contributed by atoms with Crippen molar-refractivity contribution in [2.45, 2.75) is 38.1 Å². The van der Waals surface area contributed by atoms with Crippen LogP contribution in [-0.4, -0.2) is 16.9 Å². The molecule has 1 aliphatic rings. The van der Waals surface area contributed by atoms with Crippen LogP contribution in [0.2, 0.25) is 0 Å². The molecule has 3 heteroatoms. The van der Waals surface area contributed by atoms with Gasteiger partial charge in [0.25, 0.3) is 5.91 Å². The van der Waals surface area contributed by atoms with E-state index in [0.29, 0.717) is 6.04 Å². The number of aromatic nitrogens is 1. The van der Waals surface area contributed by atoms with Crippen molar-refractivity contribution in [1.29, 1.82) is 0 Å². The molecule has 0 saturated heterocycles. The van der Waals surface area contributed by atoms with E-state index in [1.54, 1.807) is 0 Å². The Bertz CT molecular complexity index is 552.